The summed E-state index contributed by atoms with van der Waals surface area (Å²) in [5, 5.41) is -0.0732. The van der Waals surface area contributed by atoms with Crippen molar-refractivity contribution >= 4 is 22.8 Å². The van der Waals surface area contributed by atoms with Gasteiger partial charge in [0, 0.05) is 12.2 Å². The van der Waals surface area contributed by atoms with Crippen molar-refractivity contribution in [2.45, 2.75) is 51.5 Å². The van der Waals surface area contributed by atoms with Crippen molar-refractivity contribution in [2.75, 3.05) is 0 Å². The lowest BCUT2D eigenvalue weighted by molar-refractivity contribution is 0.453. The van der Waals surface area contributed by atoms with Crippen LogP contribution in [0.1, 0.15) is 49.5 Å². The third-order valence-corrected chi connectivity index (χ3v) is 4.23. The Hall–Kier alpha value is -1.09. The Labute approximate surface area is 119 Å². The van der Waals surface area contributed by atoms with Crippen molar-refractivity contribution in [1.29, 1.82) is 0 Å². The molecule has 2 heterocycles. The Kier molecular flexibility index (Phi) is 3.48. The van der Waals surface area contributed by atoms with Gasteiger partial charge in [-0.05, 0) is 44.7 Å². The van der Waals surface area contributed by atoms with E-state index in [2.05, 4.69) is 14.5 Å². The van der Waals surface area contributed by atoms with Gasteiger partial charge in [0.05, 0.1) is 5.38 Å². The number of alkyl halides is 1. The van der Waals surface area contributed by atoms with Gasteiger partial charge in [-0.3, -0.25) is 0 Å². The highest BCUT2D eigenvalue weighted by molar-refractivity contribution is 6.20. The van der Waals surface area contributed by atoms with Crippen LogP contribution in [0.15, 0.2) is 12.1 Å². The molecule has 0 saturated heterocycles. The molecular weight excluding hydrogens is 258 g/mol. The van der Waals surface area contributed by atoms with Gasteiger partial charge in [0.2, 0.25) is 0 Å². The lowest BCUT2D eigenvalue weighted by Gasteiger charge is -2.14. The molecule has 1 unspecified atom stereocenters. The second-order valence-electron chi connectivity index (χ2n) is 5.64. The molecule has 19 heavy (non-hydrogen) atoms. The number of pyridine rings is 1. The van der Waals surface area contributed by atoms with Gasteiger partial charge in [0.1, 0.15) is 11.3 Å². The first-order chi connectivity index (χ1) is 9.15. The summed E-state index contributed by atoms with van der Waals surface area (Å²) in [6.07, 6.45) is 5.36. The number of hydrogen-bond acceptors (Lipinski definition) is 2. The van der Waals surface area contributed by atoms with E-state index in [0.717, 1.165) is 35.1 Å². The van der Waals surface area contributed by atoms with Gasteiger partial charge in [-0.25, -0.2) is 9.97 Å². The first-order valence-electron chi connectivity index (χ1n) is 7.13. The van der Waals surface area contributed by atoms with Crippen LogP contribution in [0, 0.1) is 12.8 Å². The highest BCUT2D eigenvalue weighted by Crippen LogP contribution is 2.30. The Morgan fingerprint density at radius 2 is 2.05 bits per heavy atom. The molecule has 0 aliphatic heterocycles. The molecule has 1 atom stereocenters. The average Bonchev–Trinajstić information content (AvgIpc) is 2.98. The largest absolute Gasteiger partial charge is 0.311 e. The number of aromatic nitrogens is 3. The van der Waals surface area contributed by atoms with Gasteiger partial charge < -0.3 is 4.57 Å². The van der Waals surface area contributed by atoms with Crippen LogP contribution in [0.4, 0.5) is 0 Å². The van der Waals surface area contributed by atoms with Gasteiger partial charge in [-0.2, -0.15) is 0 Å². The van der Waals surface area contributed by atoms with E-state index in [9.17, 15) is 0 Å². The molecule has 2 aromatic heterocycles. The number of imidazole rings is 1. The minimum atomic E-state index is -0.0732. The van der Waals surface area contributed by atoms with E-state index in [0.29, 0.717) is 0 Å². The van der Waals surface area contributed by atoms with Crippen LogP contribution in [0.25, 0.3) is 11.2 Å². The van der Waals surface area contributed by atoms with E-state index in [1.54, 1.807) is 0 Å². The van der Waals surface area contributed by atoms with E-state index in [4.69, 9.17) is 11.6 Å². The first kappa shape index (κ1) is 12.9. The van der Waals surface area contributed by atoms with Crippen molar-refractivity contribution in [3.8, 4) is 0 Å². The molecule has 1 fully saturated rings. The fourth-order valence-corrected chi connectivity index (χ4v) is 3.22. The number of halogens is 1. The molecule has 3 nitrogen and oxygen atoms in total. The molecule has 0 amide bonds. The predicted octanol–water partition coefficient (Wildman–Crippen LogP) is 4.23. The summed E-state index contributed by atoms with van der Waals surface area (Å²) in [4.78, 5) is 9.33. The number of rotatable bonds is 3. The smallest absolute Gasteiger partial charge is 0.160 e. The number of aryl methyl sites for hydroxylation is 1. The maximum absolute atomic E-state index is 6.29. The topological polar surface area (TPSA) is 30.7 Å². The summed E-state index contributed by atoms with van der Waals surface area (Å²) in [5.41, 5.74) is 2.99. The first-order valence-corrected chi connectivity index (χ1v) is 7.56. The summed E-state index contributed by atoms with van der Waals surface area (Å²) in [6, 6.07) is 4.06. The highest BCUT2D eigenvalue weighted by Gasteiger charge is 2.21. The Balaban J connectivity index is 2.06. The number of nitrogens with zero attached hydrogens (tertiary/aromatic N) is 3. The summed E-state index contributed by atoms with van der Waals surface area (Å²) in [6.45, 7) is 5.02. The third-order valence-electron chi connectivity index (χ3n) is 4.03. The molecule has 3 rings (SSSR count). The van der Waals surface area contributed by atoms with E-state index >= 15 is 0 Å². The van der Waals surface area contributed by atoms with Crippen LogP contribution >= 0.6 is 11.6 Å². The molecular formula is C15H20ClN3. The van der Waals surface area contributed by atoms with Crippen LogP contribution in [-0.4, -0.2) is 14.5 Å². The Bertz CT molecular complexity index is 582. The SMILES string of the molecule is Cc1ccc2nc(C(C)Cl)n(CC3CCCC3)c2n1. The van der Waals surface area contributed by atoms with E-state index in [-0.39, 0.29) is 5.38 Å². The van der Waals surface area contributed by atoms with Gasteiger partial charge in [0.25, 0.3) is 0 Å². The van der Waals surface area contributed by atoms with Crippen LogP contribution in [0.5, 0.6) is 0 Å². The zero-order valence-electron chi connectivity index (χ0n) is 11.6. The summed E-state index contributed by atoms with van der Waals surface area (Å²) < 4.78 is 2.25. The van der Waals surface area contributed by atoms with Crippen LogP contribution in [0.2, 0.25) is 0 Å². The summed E-state index contributed by atoms with van der Waals surface area (Å²) >= 11 is 6.29. The second kappa shape index (κ2) is 5.12. The van der Waals surface area contributed by atoms with E-state index < -0.39 is 0 Å². The fraction of sp³-hybridized carbons (Fsp3) is 0.600. The zero-order chi connectivity index (χ0) is 13.4. The van der Waals surface area contributed by atoms with Crippen molar-refractivity contribution < 1.29 is 0 Å². The molecule has 102 valence electrons. The van der Waals surface area contributed by atoms with Crippen molar-refractivity contribution in [1.82, 2.24) is 14.5 Å². The predicted molar refractivity (Wildman–Crippen MR) is 78.5 cm³/mol. The molecule has 2 aromatic rings. The highest BCUT2D eigenvalue weighted by atomic mass is 35.5. The van der Waals surface area contributed by atoms with Crippen molar-refractivity contribution in [2.24, 2.45) is 5.92 Å². The average molecular weight is 278 g/mol. The maximum atomic E-state index is 6.29. The number of hydrogen-bond donors (Lipinski definition) is 0. The van der Waals surface area contributed by atoms with Crippen molar-refractivity contribution in [3.63, 3.8) is 0 Å². The van der Waals surface area contributed by atoms with E-state index in [1.807, 2.05) is 26.0 Å². The minimum Gasteiger partial charge on any atom is -0.311 e. The monoisotopic (exact) mass is 277 g/mol. The molecule has 0 radical (unpaired) electrons. The van der Waals surface area contributed by atoms with Crippen LogP contribution in [-0.2, 0) is 6.54 Å². The molecule has 0 bridgehead atoms. The standard InChI is InChI=1S/C15H20ClN3/c1-10-7-8-13-15(17-10)19(14(18-13)11(2)16)9-12-5-3-4-6-12/h7-8,11-12H,3-6,9H2,1-2H3. The molecule has 4 heteroatoms. The maximum Gasteiger partial charge on any atom is 0.160 e. The van der Waals surface area contributed by atoms with Gasteiger partial charge in [-0.15, -0.1) is 11.6 Å². The molecule has 0 aromatic carbocycles. The minimum absolute atomic E-state index is 0.0732. The normalized spacial score (nSPS) is 18.3. The lowest BCUT2D eigenvalue weighted by atomic mass is 10.1. The van der Waals surface area contributed by atoms with Crippen LogP contribution < -0.4 is 0 Å². The summed E-state index contributed by atoms with van der Waals surface area (Å²) in [7, 11) is 0. The molecule has 1 aliphatic rings. The van der Waals surface area contributed by atoms with Gasteiger partial charge in [0.15, 0.2) is 5.65 Å². The second-order valence-corrected chi connectivity index (χ2v) is 6.30. The van der Waals surface area contributed by atoms with Gasteiger partial charge in [-0.1, -0.05) is 12.8 Å². The quantitative estimate of drug-likeness (QED) is 0.786. The van der Waals surface area contributed by atoms with Crippen LogP contribution in [0.3, 0.4) is 0 Å². The molecule has 0 N–H and O–H groups in total. The Morgan fingerprint density at radius 3 is 2.74 bits per heavy atom. The van der Waals surface area contributed by atoms with Gasteiger partial charge >= 0.3 is 0 Å². The van der Waals surface area contributed by atoms with Crippen molar-refractivity contribution in [3.05, 3.63) is 23.7 Å². The summed E-state index contributed by atoms with van der Waals surface area (Å²) in [5.74, 6) is 1.72. The lowest BCUT2D eigenvalue weighted by Crippen LogP contribution is -2.11. The molecule has 0 spiro atoms. The molecule has 1 aliphatic carbocycles. The fourth-order valence-electron chi connectivity index (χ4n) is 3.05. The Morgan fingerprint density at radius 1 is 1.32 bits per heavy atom. The van der Waals surface area contributed by atoms with E-state index in [1.165, 1.54) is 25.7 Å². The molecule has 1 saturated carbocycles. The number of fused-ring (bicyclic) bond motifs is 1. The third kappa shape index (κ3) is 2.48. The zero-order valence-corrected chi connectivity index (χ0v) is 12.3.